The van der Waals surface area contributed by atoms with Crippen molar-refractivity contribution in [1.29, 1.82) is 0 Å². The molecule has 0 spiro atoms. The Balaban J connectivity index is 0.00000190. The van der Waals surface area contributed by atoms with Gasteiger partial charge in [-0.05, 0) is 67.6 Å². The standard InChI is InChI=1S/C30H34Cl2N2O.2ClH/c31-27-12-11-24(21-28(27)32)26-13-18-34(22-23-7-3-1-4-8-23)29(26)14-17-33-19-15-30(35,16-20-33)25-9-5-2-6-10-25;;/h1-12,21,26,29,35H,13-20,22H2;2*1H. The second kappa shape index (κ2) is 13.7. The molecule has 0 aromatic heterocycles. The first-order chi connectivity index (χ1) is 17.0. The number of benzene rings is 3. The smallest absolute Gasteiger partial charge is 0.0920 e. The summed E-state index contributed by atoms with van der Waals surface area (Å²) >= 11 is 12.6. The molecule has 2 aliphatic heterocycles. The average Bonchev–Trinajstić information content (AvgIpc) is 3.28. The molecule has 2 heterocycles. The number of hydrogen-bond acceptors (Lipinski definition) is 3. The lowest BCUT2D eigenvalue weighted by atomic mass is 9.84. The van der Waals surface area contributed by atoms with Gasteiger partial charge in [0.25, 0.3) is 0 Å². The van der Waals surface area contributed by atoms with E-state index in [0.717, 1.165) is 64.0 Å². The fourth-order valence-electron chi connectivity index (χ4n) is 5.95. The van der Waals surface area contributed by atoms with Gasteiger partial charge >= 0.3 is 0 Å². The van der Waals surface area contributed by atoms with Crippen molar-refractivity contribution in [3.05, 3.63) is 106 Å². The molecule has 5 rings (SSSR count). The zero-order valence-electron chi connectivity index (χ0n) is 20.9. The van der Waals surface area contributed by atoms with Gasteiger partial charge in [-0.1, -0.05) is 89.9 Å². The largest absolute Gasteiger partial charge is 0.385 e. The Bertz CT molecular complexity index is 1110. The van der Waals surface area contributed by atoms with Gasteiger partial charge in [0.05, 0.1) is 15.6 Å². The average molecular weight is 582 g/mol. The zero-order chi connectivity index (χ0) is 24.3. The molecule has 3 nitrogen and oxygen atoms in total. The Morgan fingerprint density at radius 1 is 0.811 bits per heavy atom. The molecule has 0 aliphatic carbocycles. The van der Waals surface area contributed by atoms with Crippen molar-refractivity contribution in [2.45, 2.75) is 49.8 Å². The van der Waals surface area contributed by atoms with Crippen LogP contribution >= 0.6 is 48.0 Å². The van der Waals surface area contributed by atoms with Gasteiger partial charge < -0.3 is 10.0 Å². The number of hydrogen-bond donors (Lipinski definition) is 1. The van der Waals surface area contributed by atoms with Crippen LogP contribution in [0.2, 0.25) is 10.0 Å². The van der Waals surface area contributed by atoms with Gasteiger partial charge in [0.2, 0.25) is 0 Å². The summed E-state index contributed by atoms with van der Waals surface area (Å²) in [5.41, 5.74) is 2.99. The molecule has 0 amide bonds. The summed E-state index contributed by atoms with van der Waals surface area (Å²) in [4.78, 5) is 5.18. The van der Waals surface area contributed by atoms with Crippen molar-refractivity contribution < 1.29 is 5.11 Å². The molecule has 0 radical (unpaired) electrons. The van der Waals surface area contributed by atoms with E-state index in [1.54, 1.807) is 0 Å². The van der Waals surface area contributed by atoms with E-state index < -0.39 is 5.60 Å². The van der Waals surface area contributed by atoms with Gasteiger partial charge in [-0.25, -0.2) is 0 Å². The van der Waals surface area contributed by atoms with Crippen molar-refractivity contribution in [2.24, 2.45) is 0 Å². The molecule has 0 saturated carbocycles. The second-order valence-electron chi connectivity index (χ2n) is 10.1. The van der Waals surface area contributed by atoms with Crippen LogP contribution in [0.25, 0.3) is 0 Å². The molecule has 2 fully saturated rings. The van der Waals surface area contributed by atoms with Gasteiger partial charge in [-0.2, -0.15) is 0 Å². The summed E-state index contributed by atoms with van der Waals surface area (Å²) in [6, 6.07) is 27.5. The maximum absolute atomic E-state index is 11.2. The summed E-state index contributed by atoms with van der Waals surface area (Å²) in [6.07, 6.45) is 3.79. The predicted octanol–water partition coefficient (Wildman–Crippen LogP) is 7.57. The van der Waals surface area contributed by atoms with E-state index in [9.17, 15) is 5.11 Å². The number of aliphatic hydroxyl groups is 1. The zero-order valence-corrected chi connectivity index (χ0v) is 24.1. The number of halogens is 4. The normalized spacial score (nSPS) is 21.7. The predicted molar refractivity (Wildman–Crippen MR) is 160 cm³/mol. The van der Waals surface area contributed by atoms with Crippen LogP contribution in [0.5, 0.6) is 0 Å². The molecule has 2 aliphatic rings. The molecule has 2 saturated heterocycles. The first-order valence-corrected chi connectivity index (χ1v) is 13.5. The van der Waals surface area contributed by atoms with Crippen molar-refractivity contribution in [1.82, 2.24) is 9.80 Å². The van der Waals surface area contributed by atoms with E-state index in [1.807, 2.05) is 24.3 Å². The molecule has 3 aromatic carbocycles. The molecule has 7 heteroatoms. The molecule has 0 bridgehead atoms. The van der Waals surface area contributed by atoms with Crippen LogP contribution in [0.1, 0.15) is 48.3 Å². The molecule has 3 aromatic rings. The van der Waals surface area contributed by atoms with E-state index in [1.165, 1.54) is 11.1 Å². The van der Waals surface area contributed by atoms with Gasteiger partial charge in [-0.3, -0.25) is 4.90 Å². The maximum atomic E-state index is 11.2. The van der Waals surface area contributed by atoms with Crippen LogP contribution < -0.4 is 0 Å². The Morgan fingerprint density at radius 2 is 1.46 bits per heavy atom. The highest BCUT2D eigenvalue weighted by Gasteiger charge is 2.37. The minimum absolute atomic E-state index is 0. The van der Waals surface area contributed by atoms with Gasteiger partial charge in [0.15, 0.2) is 0 Å². The van der Waals surface area contributed by atoms with E-state index in [0.29, 0.717) is 22.0 Å². The summed E-state index contributed by atoms with van der Waals surface area (Å²) < 4.78 is 0. The monoisotopic (exact) mass is 580 g/mol. The molecule has 1 N–H and O–H groups in total. The van der Waals surface area contributed by atoms with Gasteiger partial charge in [0, 0.05) is 31.6 Å². The lowest BCUT2D eigenvalue weighted by Crippen LogP contribution is -2.44. The highest BCUT2D eigenvalue weighted by Crippen LogP contribution is 2.39. The molecular weight excluding hydrogens is 546 g/mol. The van der Waals surface area contributed by atoms with Crippen LogP contribution in [0.15, 0.2) is 78.9 Å². The van der Waals surface area contributed by atoms with Crippen molar-refractivity contribution >= 4 is 48.0 Å². The second-order valence-corrected chi connectivity index (χ2v) is 10.9. The van der Waals surface area contributed by atoms with E-state index in [-0.39, 0.29) is 24.8 Å². The summed E-state index contributed by atoms with van der Waals surface area (Å²) in [7, 11) is 0. The first-order valence-electron chi connectivity index (χ1n) is 12.7. The highest BCUT2D eigenvalue weighted by atomic mass is 35.5. The Labute approximate surface area is 243 Å². The number of piperidine rings is 1. The van der Waals surface area contributed by atoms with Gasteiger partial charge in [0.1, 0.15) is 0 Å². The van der Waals surface area contributed by atoms with E-state index in [2.05, 4.69) is 64.4 Å². The number of likely N-dealkylation sites (tertiary alicyclic amines) is 2. The van der Waals surface area contributed by atoms with Crippen LogP contribution in [0.3, 0.4) is 0 Å². The molecule has 2 atom stereocenters. The van der Waals surface area contributed by atoms with Crippen LogP contribution in [-0.2, 0) is 12.1 Å². The topological polar surface area (TPSA) is 26.7 Å². The summed E-state index contributed by atoms with van der Waals surface area (Å²) in [6.45, 7) is 4.94. The van der Waals surface area contributed by atoms with Crippen molar-refractivity contribution in [3.8, 4) is 0 Å². The fraction of sp³-hybridized carbons (Fsp3) is 0.400. The van der Waals surface area contributed by atoms with Gasteiger partial charge in [-0.15, -0.1) is 24.8 Å². The molecule has 2 unspecified atom stereocenters. The van der Waals surface area contributed by atoms with E-state index in [4.69, 9.17) is 23.2 Å². The summed E-state index contributed by atoms with van der Waals surface area (Å²) in [5, 5.41) is 12.5. The van der Waals surface area contributed by atoms with Crippen LogP contribution in [0.4, 0.5) is 0 Å². The third-order valence-electron chi connectivity index (χ3n) is 8.00. The van der Waals surface area contributed by atoms with Crippen LogP contribution in [-0.4, -0.2) is 47.1 Å². The van der Waals surface area contributed by atoms with Crippen LogP contribution in [0, 0.1) is 0 Å². The third kappa shape index (κ3) is 7.22. The highest BCUT2D eigenvalue weighted by molar-refractivity contribution is 6.42. The SMILES string of the molecule is Cl.Cl.OC1(c2ccccc2)CCN(CCC2C(c3ccc(Cl)c(Cl)c3)CCN2Cc2ccccc2)CC1. The fourth-order valence-corrected chi connectivity index (χ4v) is 6.25. The molecule has 200 valence electrons. The number of rotatable bonds is 7. The lowest BCUT2D eigenvalue weighted by molar-refractivity contribution is -0.0271. The number of nitrogens with zero attached hydrogens (tertiary/aromatic N) is 2. The molecular formula is C30H36Cl4N2O. The molecule has 37 heavy (non-hydrogen) atoms. The minimum atomic E-state index is -0.701. The van der Waals surface area contributed by atoms with E-state index >= 15 is 0 Å². The lowest BCUT2D eigenvalue weighted by Gasteiger charge is -2.39. The Morgan fingerprint density at radius 3 is 2.11 bits per heavy atom. The third-order valence-corrected chi connectivity index (χ3v) is 8.74. The quantitative estimate of drug-likeness (QED) is 0.312. The minimum Gasteiger partial charge on any atom is -0.385 e. The summed E-state index contributed by atoms with van der Waals surface area (Å²) in [5.74, 6) is 0.444. The maximum Gasteiger partial charge on any atom is 0.0920 e. The Hall–Kier alpha value is -1.30. The first kappa shape index (κ1) is 30.2. The van der Waals surface area contributed by atoms with Crippen molar-refractivity contribution in [3.63, 3.8) is 0 Å². The van der Waals surface area contributed by atoms with Crippen molar-refractivity contribution in [2.75, 3.05) is 26.2 Å². The Kier molecular flexibility index (Phi) is 11.2.